The summed E-state index contributed by atoms with van der Waals surface area (Å²) in [6.07, 6.45) is 2.53. The van der Waals surface area contributed by atoms with E-state index in [-0.39, 0.29) is 0 Å². The normalized spacial score (nSPS) is 26.5. The van der Waals surface area contributed by atoms with Crippen molar-refractivity contribution in [1.29, 1.82) is 0 Å². The van der Waals surface area contributed by atoms with Crippen molar-refractivity contribution in [3.8, 4) is 0 Å². The number of hydrogen-bond acceptors (Lipinski definition) is 5. The van der Waals surface area contributed by atoms with Crippen LogP contribution in [0, 0.1) is 12.8 Å². The summed E-state index contributed by atoms with van der Waals surface area (Å²) in [5, 5.41) is 6.64. The van der Waals surface area contributed by atoms with Crippen LogP contribution in [0.2, 0.25) is 0 Å². The molecule has 0 aliphatic carbocycles. The topological polar surface area (TPSA) is 37.4 Å². The molecule has 1 N–H and O–H groups in total. The van der Waals surface area contributed by atoms with Crippen LogP contribution in [0.4, 0.5) is 0 Å². The summed E-state index contributed by atoms with van der Waals surface area (Å²) in [4.78, 5) is 6.97. The number of nitrogens with one attached hydrogen (secondary N) is 1. The van der Waals surface area contributed by atoms with E-state index in [2.05, 4.69) is 27.6 Å². The maximum absolute atomic E-state index is 5.87. The van der Waals surface area contributed by atoms with Crippen molar-refractivity contribution in [1.82, 2.24) is 15.2 Å². The summed E-state index contributed by atoms with van der Waals surface area (Å²) < 4.78 is 5.87. The van der Waals surface area contributed by atoms with Gasteiger partial charge in [0, 0.05) is 24.0 Å². The minimum absolute atomic E-state index is 0.420. The number of thiazole rings is 1. The van der Waals surface area contributed by atoms with Gasteiger partial charge in [-0.25, -0.2) is 4.98 Å². The van der Waals surface area contributed by atoms with Gasteiger partial charge in [0.15, 0.2) is 0 Å². The van der Waals surface area contributed by atoms with Gasteiger partial charge in [0.2, 0.25) is 0 Å². The molecule has 3 rings (SSSR count). The minimum Gasteiger partial charge on any atom is -0.375 e. The summed E-state index contributed by atoms with van der Waals surface area (Å²) in [5.41, 5.74) is 1.50. The molecule has 3 heterocycles. The van der Waals surface area contributed by atoms with Crippen LogP contribution in [-0.4, -0.2) is 48.7 Å². The molecule has 19 heavy (non-hydrogen) atoms. The number of ether oxygens (including phenoxy) is 1. The van der Waals surface area contributed by atoms with Crippen LogP contribution >= 0.6 is 11.3 Å². The molecule has 0 saturated carbocycles. The van der Waals surface area contributed by atoms with Crippen molar-refractivity contribution in [2.45, 2.75) is 31.9 Å². The second kappa shape index (κ2) is 5.48. The fourth-order valence-corrected chi connectivity index (χ4v) is 3.78. The highest BCUT2D eigenvalue weighted by Crippen LogP contribution is 2.34. The number of aromatic nitrogens is 1. The van der Waals surface area contributed by atoms with Gasteiger partial charge in [-0.2, -0.15) is 0 Å². The highest BCUT2D eigenvalue weighted by Gasteiger charge is 2.44. The van der Waals surface area contributed by atoms with Crippen molar-refractivity contribution >= 4 is 11.3 Å². The van der Waals surface area contributed by atoms with Gasteiger partial charge in [-0.15, -0.1) is 11.3 Å². The molecule has 1 unspecified atom stereocenters. The lowest BCUT2D eigenvalue weighted by atomic mass is 9.77. The Bertz CT molecular complexity index is 430. The van der Waals surface area contributed by atoms with Crippen molar-refractivity contribution in [2.75, 3.05) is 33.3 Å². The maximum Gasteiger partial charge on any atom is 0.0898 e. The van der Waals surface area contributed by atoms with Crippen molar-refractivity contribution < 1.29 is 4.74 Å². The molecule has 1 aromatic heterocycles. The molecule has 2 aliphatic rings. The van der Waals surface area contributed by atoms with Gasteiger partial charge >= 0.3 is 0 Å². The van der Waals surface area contributed by atoms with Gasteiger partial charge in [-0.1, -0.05) is 0 Å². The molecular formula is C14H23N3OS. The zero-order valence-corrected chi connectivity index (χ0v) is 12.6. The van der Waals surface area contributed by atoms with Crippen LogP contribution in [0.1, 0.15) is 23.5 Å². The van der Waals surface area contributed by atoms with Gasteiger partial charge in [-0.05, 0) is 39.3 Å². The SMILES string of the molecule is Cc1nc(COCC2CCN(C)C3(CNC3)C2)cs1. The van der Waals surface area contributed by atoms with Gasteiger partial charge in [0.25, 0.3) is 0 Å². The van der Waals surface area contributed by atoms with Crippen molar-refractivity contribution in [2.24, 2.45) is 5.92 Å². The third-order valence-electron chi connectivity index (χ3n) is 4.53. The Balaban J connectivity index is 1.45. The van der Waals surface area contributed by atoms with E-state index in [4.69, 9.17) is 4.74 Å². The van der Waals surface area contributed by atoms with E-state index in [1.165, 1.54) is 19.4 Å². The Morgan fingerprint density at radius 2 is 2.42 bits per heavy atom. The molecule has 106 valence electrons. The Kier molecular flexibility index (Phi) is 3.89. The lowest BCUT2D eigenvalue weighted by molar-refractivity contribution is -0.0277. The number of nitrogens with zero attached hydrogens (tertiary/aromatic N) is 2. The second-order valence-electron chi connectivity index (χ2n) is 5.98. The van der Waals surface area contributed by atoms with E-state index in [0.29, 0.717) is 18.1 Å². The smallest absolute Gasteiger partial charge is 0.0898 e. The molecule has 0 bridgehead atoms. The molecule has 0 aromatic carbocycles. The van der Waals surface area contributed by atoms with E-state index in [0.717, 1.165) is 30.4 Å². The van der Waals surface area contributed by atoms with Crippen LogP contribution in [0.5, 0.6) is 0 Å². The number of likely N-dealkylation sites (N-methyl/N-ethyl adjacent to an activating group) is 1. The zero-order valence-electron chi connectivity index (χ0n) is 11.8. The molecule has 1 aromatic rings. The fourth-order valence-electron chi connectivity index (χ4n) is 3.18. The van der Waals surface area contributed by atoms with E-state index in [9.17, 15) is 0 Å². The lowest BCUT2D eigenvalue weighted by Gasteiger charge is -2.54. The van der Waals surface area contributed by atoms with Crippen molar-refractivity contribution in [3.05, 3.63) is 16.1 Å². The summed E-state index contributed by atoms with van der Waals surface area (Å²) >= 11 is 1.70. The number of aryl methyl sites for hydroxylation is 1. The molecule has 0 radical (unpaired) electrons. The summed E-state index contributed by atoms with van der Waals surface area (Å²) in [5.74, 6) is 0.707. The average molecular weight is 281 g/mol. The highest BCUT2D eigenvalue weighted by atomic mass is 32.1. The molecular weight excluding hydrogens is 258 g/mol. The van der Waals surface area contributed by atoms with Crippen LogP contribution in [0.25, 0.3) is 0 Å². The molecule has 5 heteroatoms. The second-order valence-corrected chi connectivity index (χ2v) is 7.04. The maximum atomic E-state index is 5.87. The molecule has 1 spiro atoms. The Hall–Kier alpha value is -0.490. The first-order valence-corrected chi connectivity index (χ1v) is 7.97. The molecule has 2 aliphatic heterocycles. The summed E-state index contributed by atoms with van der Waals surface area (Å²) in [6.45, 7) is 7.08. The Morgan fingerprint density at radius 1 is 1.58 bits per heavy atom. The zero-order chi connectivity index (χ0) is 13.3. The molecule has 2 saturated heterocycles. The third kappa shape index (κ3) is 2.84. The van der Waals surface area contributed by atoms with E-state index >= 15 is 0 Å². The number of piperidine rings is 1. The predicted molar refractivity (Wildman–Crippen MR) is 77.5 cm³/mol. The Morgan fingerprint density at radius 3 is 3.05 bits per heavy atom. The lowest BCUT2D eigenvalue weighted by Crippen LogP contribution is -2.70. The molecule has 2 fully saturated rings. The van der Waals surface area contributed by atoms with Crippen molar-refractivity contribution in [3.63, 3.8) is 0 Å². The molecule has 4 nitrogen and oxygen atoms in total. The standard InChI is InChI=1S/C14H23N3OS/c1-11-16-13(8-19-11)7-18-6-12-3-4-17(2)14(5-12)9-15-10-14/h8,12,15H,3-7,9-10H2,1-2H3. The van der Waals surface area contributed by atoms with E-state index in [1.54, 1.807) is 11.3 Å². The largest absolute Gasteiger partial charge is 0.375 e. The predicted octanol–water partition coefficient (Wildman–Crippen LogP) is 1.65. The number of hydrogen-bond donors (Lipinski definition) is 1. The van der Waals surface area contributed by atoms with E-state index < -0.39 is 0 Å². The monoisotopic (exact) mass is 281 g/mol. The Labute approximate surface area is 119 Å². The van der Waals surface area contributed by atoms with Crippen LogP contribution in [0.15, 0.2) is 5.38 Å². The van der Waals surface area contributed by atoms with Gasteiger partial charge in [-0.3, -0.25) is 4.90 Å². The van der Waals surface area contributed by atoms with Crippen LogP contribution < -0.4 is 5.32 Å². The molecule has 0 amide bonds. The number of rotatable bonds is 4. The number of likely N-dealkylation sites (tertiary alicyclic amines) is 1. The first kappa shape index (κ1) is 13.5. The average Bonchev–Trinajstić information content (AvgIpc) is 2.75. The van der Waals surface area contributed by atoms with Gasteiger partial charge < -0.3 is 10.1 Å². The highest BCUT2D eigenvalue weighted by molar-refractivity contribution is 7.09. The van der Waals surface area contributed by atoms with E-state index in [1.807, 2.05) is 6.92 Å². The first-order valence-electron chi connectivity index (χ1n) is 7.09. The van der Waals surface area contributed by atoms with Gasteiger partial charge in [0.1, 0.15) is 0 Å². The fraction of sp³-hybridized carbons (Fsp3) is 0.786. The minimum atomic E-state index is 0.420. The van der Waals surface area contributed by atoms with Crippen LogP contribution in [-0.2, 0) is 11.3 Å². The van der Waals surface area contributed by atoms with Gasteiger partial charge in [0.05, 0.1) is 23.9 Å². The summed E-state index contributed by atoms with van der Waals surface area (Å²) in [6, 6.07) is 0. The summed E-state index contributed by atoms with van der Waals surface area (Å²) in [7, 11) is 2.26. The molecule has 1 atom stereocenters. The quantitative estimate of drug-likeness (QED) is 0.910. The van der Waals surface area contributed by atoms with Crippen LogP contribution in [0.3, 0.4) is 0 Å². The first-order chi connectivity index (χ1) is 9.18. The third-order valence-corrected chi connectivity index (χ3v) is 5.35.